The Hall–Kier alpha value is -4.12. The minimum Gasteiger partial charge on any atom is -0.458 e. The molecule has 270 valence electrons. The summed E-state index contributed by atoms with van der Waals surface area (Å²) in [5.74, 6) is 1.43. The van der Waals surface area contributed by atoms with Crippen molar-refractivity contribution in [3.05, 3.63) is 62.2 Å². The van der Waals surface area contributed by atoms with Gasteiger partial charge < -0.3 is 34.5 Å². The summed E-state index contributed by atoms with van der Waals surface area (Å²) in [6, 6.07) is 7.16. The van der Waals surface area contributed by atoms with Crippen LogP contribution in [0.5, 0.6) is 11.8 Å². The molecule has 17 heteroatoms. The second kappa shape index (κ2) is 14.9. The summed E-state index contributed by atoms with van der Waals surface area (Å²) in [5.41, 5.74) is 1.59. The molecule has 2 aliphatic heterocycles. The molecule has 1 aromatic carbocycles. The third-order valence-electron chi connectivity index (χ3n) is 8.33. The molecule has 0 unspecified atom stereocenters. The Morgan fingerprint density at radius 1 is 1.08 bits per heavy atom. The number of pyridine rings is 2. The van der Waals surface area contributed by atoms with Gasteiger partial charge in [-0.1, -0.05) is 35.4 Å². The Morgan fingerprint density at radius 3 is 2.57 bits per heavy atom. The first kappa shape index (κ1) is 36.7. The maximum atomic E-state index is 13.6. The number of rotatable bonds is 12. The predicted molar refractivity (Wildman–Crippen MR) is 196 cm³/mol. The van der Waals surface area contributed by atoms with E-state index in [4.69, 9.17) is 30.8 Å². The second-order valence-electron chi connectivity index (χ2n) is 12.9. The lowest BCUT2D eigenvalue weighted by atomic mass is 9.86. The Morgan fingerprint density at radius 2 is 1.84 bits per heavy atom. The number of ether oxygens (including phenoxy) is 3. The van der Waals surface area contributed by atoms with Crippen LogP contribution in [0.4, 0.5) is 10.7 Å². The number of aromatic nitrogens is 5. The summed E-state index contributed by atoms with van der Waals surface area (Å²) in [6.07, 6.45) is 0.290. The first-order valence-electron chi connectivity index (χ1n) is 16.5. The number of esters is 1. The van der Waals surface area contributed by atoms with E-state index in [0.717, 1.165) is 28.0 Å². The molecule has 4 aromatic rings. The van der Waals surface area contributed by atoms with E-state index >= 15 is 0 Å². The van der Waals surface area contributed by atoms with Crippen LogP contribution in [-0.2, 0) is 39.4 Å². The minimum absolute atomic E-state index is 0.0176. The lowest BCUT2D eigenvalue weighted by Gasteiger charge is -2.31. The molecule has 51 heavy (non-hydrogen) atoms. The quantitative estimate of drug-likeness (QED) is 0.0815. The molecule has 0 fully saturated rings. The highest BCUT2D eigenvalue weighted by Gasteiger charge is 2.45. The largest absolute Gasteiger partial charge is 0.458 e. The number of carbonyl (C=O) groups excluding carboxylic acids is 2. The summed E-state index contributed by atoms with van der Waals surface area (Å²) in [5, 5.41) is 17.9. The van der Waals surface area contributed by atoms with Gasteiger partial charge in [-0.2, -0.15) is 15.0 Å². The standard InChI is InChI=1S/C34H38ClN7O7S2/c1-6-19-20-14-18(48-31-40-29(35)39-30(41-31)36-10-12-50-51-13-11-37-32(45)49-33(3,4)5)8-9-24(20)38-26-21(19)16-42-25(26)15-23-22(27(42)43)17-47-28(44)34(23,46)7-2/h8-9,14-15,46H,6-7,10-13,16-17H2,1-5H3,(H,37,45)(H,36,39,40,41)/t34-/m0/s1. The molecule has 1 amide bonds. The molecule has 14 nitrogen and oxygen atoms in total. The number of carbonyl (C=O) groups is 2. The number of benzene rings is 1. The second-order valence-corrected chi connectivity index (χ2v) is 15.9. The number of anilines is 1. The van der Waals surface area contributed by atoms with Crippen molar-refractivity contribution in [2.45, 2.75) is 71.8 Å². The molecule has 0 bridgehead atoms. The van der Waals surface area contributed by atoms with Crippen LogP contribution in [0.15, 0.2) is 29.1 Å². The molecule has 0 saturated heterocycles. The number of nitrogens with zero attached hydrogens (tertiary/aromatic N) is 5. The van der Waals surface area contributed by atoms with Gasteiger partial charge in [0, 0.05) is 41.1 Å². The van der Waals surface area contributed by atoms with E-state index in [9.17, 15) is 19.5 Å². The number of fused-ring (bicyclic) bond motifs is 5. The first-order chi connectivity index (χ1) is 24.3. The third-order valence-corrected chi connectivity index (χ3v) is 10.9. The molecule has 6 rings (SSSR count). The summed E-state index contributed by atoms with van der Waals surface area (Å²) in [4.78, 5) is 55.5. The average molecular weight is 756 g/mol. The van der Waals surface area contributed by atoms with E-state index in [1.807, 2.05) is 39.8 Å². The first-order valence-corrected chi connectivity index (χ1v) is 19.3. The Bertz CT molecular complexity index is 2070. The number of nitrogens with one attached hydrogen (secondary N) is 2. The maximum absolute atomic E-state index is 13.6. The molecule has 3 N–H and O–H groups in total. The zero-order valence-electron chi connectivity index (χ0n) is 28.8. The van der Waals surface area contributed by atoms with Crippen LogP contribution >= 0.6 is 33.2 Å². The third kappa shape index (κ3) is 7.73. The van der Waals surface area contributed by atoms with E-state index in [2.05, 4.69) is 25.6 Å². The van der Waals surface area contributed by atoms with Crippen molar-refractivity contribution < 1.29 is 28.9 Å². The molecule has 3 aromatic heterocycles. The van der Waals surface area contributed by atoms with Gasteiger partial charge in [0.15, 0.2) is 5.60 Å². The summed E-state index contributed by atoms with van der Waals surface area (Å²) in [6.45, 7) is 10.3. The topological polar surface area (TPSA) is 180 Å². The Balaban J connectivity index is 1.13. The highest BCUT2D eigenvalue weighted by molar-refractivity contribution is 8.76. The molecule has 0 spiro atoms. The van der Waals surface area contributed by atoms with Gasteiger partial charge in [-0.3, -0.25) is 4.79 Å². The smallest absolute Gasteiger partial charge is 0.407 e. The minimum atomic E-state index is -1.89. The molecule has 0 radical (unpaired) electrons. The van der Waals surface area contributed by atoms with Gasteiger partial charge in [0.25, 0.3) is 5.56 Å². The average Bonchev–Trinajstić information content (AvgIpc) is 3.44. The number of alkyl carbamates (subject to hydrolysis) is 1. The van der Waals surface area contributed by atoms with Crippen molar-refractivity contribution in [3.63, 3.8) is 0 Å². The van der Waals surface area contributed by atoms with Crippen molar-refractivity contribution in [2.75, 3.05) is 29.9 Å². The number of amides is 1. The number of aliphatic hydroxyl groups is 1. The van der Waals surface area contributed by atoms with E-state index in [-0.39, 0.29) is 47.0 Å². The van der Waals surface area contributed by atoms with Crippen molar-refractivity contribution in [2.24, 2.45) is 0 Å². The summed E-state index contributed by atoms with van der Waals surface area (Å²) < 4.78 is 18.1. The van der Waals surface area contributed by atoms with Gasteiger partial charge in [-0.15, -0.1) is 0 Å². The van der Waals surface area contributed by atoms with Gasteiger partial charge in [0.05, 0.1) is 29.0 Å². The molecule has 2 aliphatic rings. The van der Waals surface area contributed by atoms with Crippen LogP contribution in [0.1, 0.15) is 63.3 Å². The fourth-order valence-corrected chi connectivity index (χ4v) is 7.97. The van der Waals surface area contributed by atoms with Crippen LogP contribution in [0, 0.1) is 0 Å². The molecule has 0 saturated carbocycles. The van der Waals surface area contributed by atoms with E-state index in [1.54, 1.807) is 45.2 Å². The number of hydrogen-bond donors (Lipinski definition) is 3. The molecule has 5 heterocycles. The predicted octanol–water partition coefficient (Wildman–Crippen LogP) is 5.59. The fraction of sp³-hybridized carbons (Fsp3) is 0.441. The van der Waals surface area contributed by atoms with Crippen LogP contribution in [-0.4, -0.2) is 71.9 Å². The van der Waals surface area contributed by atoms with Crippen molar-refractivity contribution in [3.8, 4) is 23.1 Å². The highest BCUT2D eigenvalue weighted by atomic mass is 35.5. The van der Waals surface area contributed by atoms with Crippen LogP contribution in [0.25, 0.3) is 22.3 Å². The lowest BCUT2D eigenvalue weighted by Crippen LogP contribution is -2.44. The van der Waals surface area contributed by atoms with Gasteiger partial charge in [-0.05, 0) is 75.0 Å². The summed E-state index contributed by atoms with van der Waals surface area (Å²) in [7, 11) is 3.26. The van der Waals surface area contributed by atoms with E-state index < -0.39 is 23.3 Å². The Kier molecular flexibility index (Phi) is 10.7. The molecule has 1 atom stereocenters. The highest BCUT2D eigenvalue weighted by Crippen LogP contribution is 2.41. The normalized spacial score (nSPS) is 16.3. The van der Waals surface area contributed by atoms with Gasteiger partial charge in [0.1, 0.15) is 18.0 Å². The molecular weight excluding hydrogens is 718 g/mol. The number of cyclic esters (lactones) is 1. The number of halogens is 1. The summed E-state index contributed by atoms with van der Waals surface area (Å²) >= 11 is 6.21. The monoisotopic (exact) mass is 755 g/mol. The van der Waals surface area contributed by atoms with Gasteiger partial charge in [-0.25, -0.2) is 14.6 Å². The lowest BCUT2D eigenvalue weighted by molar-refractivity contribution is -0.172. The Labute approximate surface area is 306 Å². The number of aryl methyl sites for hydroxylation is 1. The van der Waals surface area contributed by atoms with E-state index in [0.29, 0.717) is 48.7 Å². The van der Waals surface area contributed by atoms with Crippen molar-refractivity contribution in [1.82, 2.24) is 29.8 Å². The maximum Gasteiger partial charge on any atom is 0.407 e. The number of hydrogen-bond acceptors (Lipinski definition) is 14. The zero-order chi connectivity index (χ0) is 36.5. The van der Waals surface area contributed by atoms with Crippen LogP contribution in [0.3, 0.4) is 0 Å². The van der Waals surface area contributed by atoms with Gasteiger partial charge in [0.2, 0.25) is 11.2 Å². The molecular formula is C34H38ClN7O7S2. The SMILES string of the molecule is CCc1c2c(nc3ccc(Oc4nc(Cl)nc(NCCSSCCNC(=O)OC(C)(C)C)n4)cc13)-c1cc3c(c(=O)n1C2)COC(=O)[C@]3(O)CC. The van der Waals surface area contributed by atoms with Crippen LogP contribution in [0.2, 0.25) is 5.28 Å². The molecule has 0 aliphatic carbocycles. The van der Waals surface area contributed by atoms with Gasteiger partial charge >= 0.3 is 18.1 Å². The fourth-order valence-electron chi connectivity index (χ4n) is 6.00. The van der Waals surface area contributed by atoms with Crippen LogP contribution < -0.4 is 20.9 Å². The van der Waals surface area contributed by atoms with Crippen molar-refractivity contribution in [1.29, 1.82) is 0 Å². The zero-order valence-corrected chi connectivity index (χ0v) is 31.2. The van der Waals surface area contributed by atoms with Crippen molar-refractivity contribution >= 4 is 62.1 Å². The van der Waals surface area contributed by atoms with E-state index in [1.165, 1.54) is 0 Å².